The molecule has 2 aromatic carbocycles. The maximum Gasteiger partial charge on any atom is 0.338 e. The number of benzene rings is 2. The third-order valence-corrected chi connectivity index (χ3v) is 7.59. The largest absolute Gasteiger partial charge is 0.388 e. The molecule has 4 N–H and O–H groups in total. The van der Waals surface area contributed by atoms with Crippen LogP contribution in [0, 0.1) is 13.8 Å². The number of aryl methyl sites for hydroxylation is 2. The number of aliphatic hydroxyl groups excluding tert-OH is 4. The van der Waals surface area contributed by atoms with Crippen molar-refractivity contribution in [2.45, 2.75) is 61.9 Å². The van der Waals surface area contributed by atoms with Gasteiger partial charge < -0.3 is 24.6 Å². The molecule has 0 spiro atoms. The Balaban J connectivity index is 2.11. The van der Waals surface area contributed by atoms with Gasteiger partial charge in [0.2, 0.25) is 0 Å². The van der Waals surface area contributed by atoms with E-state index in [1.807, 2.05) is 0 Å². The van der Waals surface area contributed by atoms with Crippen molar-refractivity contribution in [2.75, 3.05) is 6.61 Å². The minimum atomic E-state index is -4.39. The van der Waals surface area contributed by atoms with Gasteiger partial charge >= 0.3 is 10.1 Å². The van der Waals surface area contributed by atoms with E-state index in [4.69, 9.17) is 8.37 Å². The lowest BCUT2D eigenvalue weighted by atomic mass is 10.0. The van der Waals surface area contributed by atoms with Crippen molar-refractivity contribution in [3.8, 4) is 0 Å². The van der Waals surface area contributed by atoms with Crippen molar-refractivity contribution in [3.63, 3.8) is 0 Å². The SMILES string of the molecule is CC(C)=C(OS(=O)(=O)c1ccc(C)cc1)[C@H](O)[C@@H](O)[C@@H](O)[C@H](O)COS(=O)(=O)c1ccc(C)cc1. The fourth-order valence-electron chi connectivity index (χ4n) is 2.90. The van der Waals surface area contributed by atoms with E-state index < -0.39 is 57.0 Å². The van der Waals surface area contributed by atoms with Crippen LogP contribution in [0.15, 0.2) is 69.7 Å². The summed E-state index contributed by atoms with van der Waals surface area (Å²) in [4.78, 5) is -0.370. The van der Waals surface area contributed by atoms with Gasteiger partial charge in [0.05, 0.1) is 11.5 Å². The van der Waals surface area contributed by atoms with E-state index in [-0.39, 0.29) is 15.4 Å². The first-order chi connectivity index (χ1) is 16.2. The summed E-state index contributed by atoms with van der Waals surface area (Å²) in [5.41, 5.74) is 1.80. The molecule has 194 valence electrons. The van der Waals surface area contributed by atoms with Crippen LogP contribution in [-0.2, 0) is 28.6 Å². The van der Waals surface area contributed by atoms with Crippen molar-refractivity contribution >= 4 is 20.2 Å². The van der Waals surface area contributed by atoms with Crippen molar-refractivity contribution < 1.29 is 45.6 Å². The minimum absolute atomic E-state index is 0.173. The summed E-state index contributed by atoms with van der Waals surface area (Å²) in [6, 6.07) is 11.4. The van der Waals surface area contributed by atoms with Gasteiger partial charge in [-0.1, -0.05) is 35.4 Å². The molecule has 12 heteroatoms. The van der Waals surface area contributed by atoms with Gasteiger partial charge in [-0.15, -0.1) is 0 Å². The highest BCUT2D eigenvalue weighted by molar-refractivity contribution is 7.87. The van der Waals surface area contributed by atoms with Crippen LogP contribution in [0.5, 0.6) is 0 Å². The summed E-state index contributed by atoms with van der Waals surface area (Å²) >= 11 is 0. The maximum atomic E-state index is 12.6. The Morgan fingerprint density at radius 2 is 1.17 bits per heavy atom. The van der Waals surface area contributed by atoms with Gasteiger partial charge in [0.15, 0.2) is 0 Å². The molecule has 2 rings (SSSR count). The van der Waals surface area contributed by atoms with E-state index in [1.165, 1.54) is 38.1 Å². The topological polar surface area (TPSA) is 168 Å². The van der Waals surface area contributed by atoms with Gasteiger partial charge in [-0.2, -0.15) is 16.8 Å². The van der Waals surface area contributed by atoms with Crippen LogP contribution in [0.25, 0.3) is 0 Å². The molecule has 0 aromatic heterocycles. The van der Waals surface area contributed by atoms with Crippen molar-refractivity contribution in [1.29, 1.82) is 0 Å². The molecule has 0 amide bonds. The Morgan fingerprint density at radius 1 is 0.743 bits per heavy atom. The lowest BCUT2D eigenvalue weighted by Crippen LogP contribution is -2.47. The number of rotatable bonds is 11. The summed E-state index contributed by atoms with van der Waals surface area (Å²) in [7, 11) is -8.65. The molecule has 4 atom stereocenters. The number of allylic oxidation sites excluding steroid dienone is 1. The molecule has 0 saturated carbocycles. The lowest BCUT2D eigenvalue weighted by Gasteiger charge is -2.28. The molecule has 0 aliphatic heterocycles. The molecule has 0 bridgehead atoms. The molecule has 0 radical (unpaired) electrons. The fraction of sp³-hybridized carbons (Fsp3) is 0.391. The van der Waals surface area contributed by atoms with Crippen LogP contribution in [0.1, 0.15) is 25.0 Å². The molecule has 0 saturated heterocycles. The zero-order valence-corrected chi connectivity index (χ0v) is 21.3. The zero-order chi connectivity index (χ0) is 26.6. The van der Waals surface area contributed by atoms with Crippen LogP contribution in [0.2, 0.25) is 0 Å². The van der Waals surface area contributed by atoms with Gasteiger partial charge in [0, 0.05) is 0 Å². The first-order valence-corrected chi connectivity index (χ1v) is 13.3. The lowest BCUT2D eigenvalue weighted by molar-refractivity contribution is -0.109. The van der Waals surface area contributed by atoms with E-state index in [2.05, 4.69) is 0 Å². The Morgan fingerprint density at radius 3 is 1.60 bits per heavy atom. The summed E-state index contributed by atoms with van der Waals surface area (Å²) in [6.07, 6.45) is -8.28. The van der Waals surface area contributed by atoms with Gasteiger partial charge in [0.25, 0.3) is 10.1 Å². The Hall–Kier alpha value is -2.32. The van der Waals surface area contributed by atoms with Gasteiger partial charge in [0.1, 0.15) is 35.1 Å². The normalized spacial score (nSPS) is 15.7. The molecule has 0 aliphatic carbocycles. The average Bonchev–Trinajstić information content (AvgIpc) is 2.80. The maximum absolute atomic E-state index is 12.6. The quantitative estimate of drug-likeness (QED) is 0.244. The van der Waals surface area contributed by atoms with Crippen LogP contribution < -0.4 is 0 Å². The first kappa shape index (κ1) is 28.9. The van der Waals surface area contributed by atoms with E-state index in [9.17, 15) is 37.3 Å². The van der Waals surface area contributed by atoms with Crippen LogP contribution in [0.3, 0.4) is 0 Å². The van der Waals surface area contributed by atoms with Gasteiger partial charge in [-0.25, -0.2) is 0 Å². The molecule has 0 heterocycles. The average molecular weight is 531 g/mol. The molecule has 0 fully saturated rings. The van der Waals surface area contributed by atoms with Crippen molar-refractivity contribution in [2.24, 2.45) is 0 Å². The highest BCUT2D eigenvalue weighted by Crippen LogP contribution is 2.24. The number of aliphatic hydroxyl groups is 4. The molecule has 0 unspecified atom stereocenters. The van der Waals surface area contributed by atoms with E-state index in [0.29, 0.717) is 0 Å². The van der Waals surface area contributed by atoms with Crippen molar-refractivity contribution in [1.82, 2.24) is 0 Å². The second kappa shape index (κ2) is 11.6. The Labute approximate surface area is 205 Å². The standard InChI is InChI=1S/C23H30O10S2/c1-14(2)23(33-35(30,31)18-11-7-16(4)8-12-18)22(27)21(26)20(25)19(24)13-32-34(28,29)17-9-5-15(3)6-10-17/h5-12,19-22,24-27H,13H2,1-4H3/t19-,20+,21+,22-/m1/s1. The van der Waals surface area contributed by atoms with E-state index in [1.54, 1.807) is 38.1 Å². The Kier molecular flexibility index (Phi) is 9.59. The van der Waals surface area contributed by atoms with Gasteiger partial charge in [-0.05, 0) is 57.5 Å². The predicted molar refractivity (Wildman–Crippen MR) is 126 cm³/mol. The van der Waals surface area contributed by atoms with E-state index in [0.717, 1.165) is 11.1 Å². The summed E-state index contributed by atoms with van der Waals surface area (Å²) in [5, 5.41) is 41.3. The fourth-order valence-corrected chi connectivity index (χ4v) is 4.89. The van der Waals surface area contributed by atoms with Crippen LogP contribution >= 0.6 is 0 Å². The van der Waals surface area contributed by atoms with Crippen LogP contribution in [-0.4, -0.2) is 68.3 Å². The smallest absolute Gasteiger partial charge is 0.338 e. The molecule has 35 heavy (non-hydrogen) atoms. The monoisotopic (exact) mass is 530 g/mol. The molecule has 10 nitrogen and oxygen atoms in total. The van der Waals surface area contributed by atoms with Crippen LogP contribution in [0.4, 0.5) is 0 Å². The third-order valence-electron chi connectivity index (χ3n) is 5.04. The first-order valence-electron chi connectivity index (χ1n) is 10.5. The zero-order valence-electron chi connectivity index (χ0n) is 19.7. The van der Waals surface area contributed by atoms with Crippen molar-refractivity contribution in [3.05, 3.63) is 71.0 Å². The minimum Gasteiger partial charge on any atom is -0.388 e. The predicted octanol–water partition coefficient (Wildman–Crippen LogP) is 1.15. The Bertz CT molecular complexity index is 1230. The molecule has 2 aromatic rings. The highest BCUT2D eigenvalue weighted by atomic mass is 32.2. The number of hydrogen-bond acceptors (Lipinski definition) is 10. The molecular formula is C23H30O10S2. The third kappa shape index (κ3) is 7.58. The highest BCUT2D eigenvalue weighted by Gasteiger charge is 2.36. The number of hydrogen-bond donors (Lipinski definition) is 4. The van der Waals surface area contributed by atoms with Gasteiger partial charge in [-0.3, -0.25) is 4.18 Å². The second-order valence-corrected chi connectivity index (χ2v) is 11.4. The second-order valence-electron chi connectivity index (χ2n) is 8.26. The summed E-state index contributed by atoms with van der Waals surface area (Å²) < 4.78 is 59.5. The van der Waals surface area contributed by atoms with E-state index >= 15 is 0 Å². The summed E-state index contributed by atoms with van der Waals surface area (Å²) in [6.45, 7) is 5.42. The molecule has 0 aliphatic rings. The molecular weight excluding hydrogens is 500 g/mol. The summed E-state index contributed by atoms with van der Waals surface area (Å²) in [5.74, 6) is -0.558.